The largest absolute Gasteiger partial charge is 0.336 e. The molecule has 0 atom stereocenters. The quantitative estimate of drug-likeness (QED) is 0.370. The van der Waals surface area contributed by atoms with Crippen molar-refractivity contribution in [3.8, 4) is 0 Å². The van der Waals surface area contributed by atoms with E-state index in [1.807, 2.05) is 23.1 Å². The van der Waals surface area contributed by atoms with Crippen molar-refractivity contribution in [2.75, 3.05) is 43.3 Å². The van der Waals surface area contributed by atoms with Crippen LogP contribution in [0.3, 0.4) is 0 Å². The van der Waals surface area contributed by atoms with E-state index in [-0.39, 0.29) is 22.5 Å². The maximum atomic E-state index is 13.1. The van der Waals surface area contributed by atoms with Gasteiger partial charge in [-0.15, -0.1) is 0 Å². The van der Waals surface area contributed by atoms with Gasteiger partial charge in [0.1, 0.15) is 0 Å². The second-order valence-electron chi connectivity index (χ2n) is 8.95. The molecule has 0 unspecified atom stereocenters. The average molecular weight is 559 g/mol. The van der Waals surface area contributed by atoms with Gasteiger partial charge in [-0.25, -0.2) is 8.42 Å². The van der Waals surface area contributed by atoms with E-state index in [0.717, 1.165) is 31.5 Å². The van der Waals surface area contributed by atoms with E-state index >= 15 is 0 Å². The van der Waals surface area contributed by atoms with Crippen molar-refractivity contribution in [1.82, 2.24) is 9.80 Å². The van der Waals surface area contributed by atoms with Crippen molar-refractivity contribution in [3.05, 3.63) is 106 Å². The number of amides is 1. The number of nitrogens with zero attached hydrogens (tertiary/aromatic N) is 3. The highest BCUT2D eigenvalue weighted by atomic mass is 35.5. The zero-order chi connectivity index (χ0) is 26.4. The molecule has 9 heteroatoms. The lowest BCUT2D eigenvalue weighted by Gasteiger charge is -2.34. The van der Waals surface area contributed by atoms with E-state index in [2.05, 4.69) is 29.2 Å². The van der Waals surface area contributed by atoms with Crippen LogP contribution in [0.1, 0.15) is 21.5 Å². The van der Waals surface area contributed by atoms with E-state index in [4.69, 9.17) is 23.2 Å². The molecule has 1 fully saturated rings. The van der Waals surface area contributed by atoms with Gasteiger partial charge < -0.3 is 4.90 Å². The third-order valence-electron chi connectivity index (χ3n) is 6.26. The van der Waals surface area contributed by atoms with Crippen LogP contribution in [0.15, 0.2) is 78.9 Å². The minimum Gasteiger partial charge on any atom is -0.336 e. The highest BCUT2D eigenvalue weighted by Gasteiger charge is 2.23. The van der Waals surface area contributed by atoms with E-state index in [1.54, 1.807) is 42.5 Å². The fourth-order valence-electron chi connectivity index (χ4n) is 4.20. The summed E-state index contributed by atoms with van der Waals surface area (Å²) in [6.45, 7) is 3.87. The lowest BCUT2D eigenvalue weighted by molar-refractivity contribution is 0.0650. The number of halogens is 2. The van der Waals surface area contributed by atoms with E-state index in [1.165, 1.54) is 9.87 Å². The highest BCUT2D eigenvalue weighted by molar-refractivity contribution is 7.92. The molecule has 1 amide bonds. The number of anilines is 1. The Bertz CT molecular complexity index is 1360. The number of sulfonamides is 1. The van der Waals surface area contributed by atoms with Crippen molar-refractivity contribution in [2.24, 2.45) is 0 Å². The summed E-state index contributed by atoms with van der Waals surface area (Å²) in [5, 5.41) is 0.456. The maximum Gasteiger partial charge on any atom is 0.253 e. The summed E-state index contributed by atoms with van der Waals surface area (Å²) in [4.78, 5) is 17.2. The van der Waals surface area contributed by atoms with Gasteiger partial charge in [-0.3, -0.25) is 14.0 Å². The van der Waals surface area contributed by atoms with Crippen LogP contribution in [0, 0.1) is 0 Å². The van der Waals surface area contributed by atoms with Crippen LogP contribution in [0.25, 0.3) is 6.08 Å². The van der Waals surface area contributed by atoms with Crippen molar-refractivity contribution < 1.29 is 13.2 Å². The zero-order valence-electron chi connectivity index (χ0n) is 20.6. The van der Waals surface area contributed by atoms with Crippen molar-refractivity contribution >= 4 is 50.9 Å². The summed E-state index contributed by atoms with van der Waals surface area (Å²) in [7, 11) is -3.62. The number of hydrogen-bond donors (Lipinski definition) is 0. The first-order valence-corrected chi connectivity index (χ1v) is 14.6. The lowest BCUT2D eigenvalue weighted by atomic mass is 10.1. The highest BCUT2D eigenvalue weighted by Crippen LogP contribution is 2.34. The molecule has 37 heavy (non-hydrogen) atoms. The van der Waals surface area contributed by atoms with E-state index in [9.17, 15) is 13.2 Å². The maximum absolute atomic E-state index is 13.1. The molecule has 1 saturated heterocycles. The minimum atomic E-state index is -3.62. The van der Waals surface area contributed by atoms with Gasteiger partial charge in [0.25, 0.3) is 5.91 Å². The number of hydrogen-bond acceptors (Lipinski definition) is 4. The Labute approximate surface area is 228 Å². The van der Waals surface area contributed by atoms with Gasteiger partial charge in [-0.2, -0.15) is 0 Å². The van der Waals surface area contributed by atoms with E-state index < -0.39 is 10.0 Å². The first-order chi connectivity index (χ1) is 17.7. The Morgan fingerprint density at radius 2 is 1.59 bits per heavy atom. The summed E-state index contributed by atoms with van der Waals surface area (Å²) in [6, 6.07) is 22.1. The molecule has 0 radical (unpaired) electrons. The number of carbonyl (C=O) groups is 1. The van der Waals surface area contributed by atoms with E-state index in [0.29, 0.717) is 24.3 Å². The average Bonchev–Trinajstić information content (AvgIpc) is 2.89. The molecular formula is C28H29Cl2N3O3S. The molecule has 0 aliphatic carbocycles. The molecule has 4 rings (SSSR count). The molecule has 1 aliphatic heterocycles. The second kappa shape index (κ2) is 12.1. The molecular weight excluding hydrogens is 529 g/mol. The Hall–Kier alpha value is -2.84. The number of piperazine rings is 1. The normalized spacial score (nSPS) is 14.7. The van der Waals surface area contributed by atoms with Crippen molar-refractivity contribution in [3.63, 3.8) is 0 Å². The fraction of sp³-hybridized carbons (Fsp3) is 0.250. The molecule has 0 spiro atoms. The molecule has 0 bridgehead atoms. The molecule has 0 N–H and O–H groups in total. The number of benzene rings is 3. The predicted octanol–water partition coefficient (Wildman–Crippen LogP) is 5.43. The first-order valence-electron chi connectivity index (χ1n) is 12.0. The monoisotopic (exact) mass is 557 g/mol. The third kappa shape index (κ3) is 7.14. The van der Waals surface area contributed by atoms with Crippen LogP contribution in [0.2, 0.25) is 10.0 Å². The van der Waals surface area contributed by atoms with Crippen LogP contribution in [-0.2, 0) is 16.6 Å². The van der Waals surface area contributed by atoms with Crippen LogP contribution in [0.4, 0.5) is 5.69 Å². The second-order valence-corrected chi connectivity index (χ2v) is 11.6. The van der Waals surface area contributed by atoms with Gasteiger partial charge in [-0.1, -0.05) is 83.9 Å². The molecule has 1 aliphatic rings. The number of carbonyl (C=O) groups excluding carboxylic acids is 1. The van der Waals surface area contributed by atoms with Gasteiger partial charge in [0.15, 0.2) is 0 Å². The Kier molecular flexibility index (Phi) is 8.92. The zero-order valence-corrected chi connectivity index (χ0v) is 22.9. The minimum absolute atomic E-state index is 0.0242. The van der Waals surface area contributed by atoms with Gasteiger partial charge in [0, 0.05) is 38.3 Å². The van der Waals surface area contributed by atoms with Gasteiger partial charge in [0.05, 0.1) is 28.5 Å². The van der Waals surface area contributed by atoms with Gasteiger partial charge in [0.2, 0.25) is 10.0 Å². The van der Waals surface area contributed by atoms with Gasteiger partial charge >= 0.3 is 0 Å². The summed E-state index contributed by atoms with van der Waals surface area (Å²) in [5.74, 6) is -0.0242. The Morgan fingerprint density at radius 3 is 2.24 bits per heavy atom. The summed E-state index contributed by atoms with van der Waals surface area (Å²) < 4.78 is 26.2. The summed E-state index contributed by atoms with van der Waals surface area (Å²) in [6.07, 6.45) is 5.39. The lowest BCUT2D eigenvalue weighted by Crippen LogP contribution is -2.48. The van der Waals surface area contributed by atoms with Crippen LogP contribution >= 0.6 is 23.2 Å². The summed E-state index contributed by atoms with van der Waals surface area (Å²) >= 11 is 12.4. The third-order valence-corrected chi connectivity index (χ3v) is 8.20. The fourth-order valence-corrected chi connectivity index (χ4v) is 5.54. The molecule has 3 aromatic rings. The van der Waals surface area contributed by atoms with Crippen LogP contribution in [0.5, 0.6) is 0 Å². The SMILES string of the molecule is CS(=O)(=O)N(Cc1ccc(C(=O)N2CCN(C/C=C/c3ccccc3)CC2)cc1)c1cccc(Cl)c1Cl. The summed E-state index contributed by atoms with van der Waals surface area (Å²) in [5.41, 5.74) is 2.80. The topological polar surface area (TPSA) is 60.9 Å². The standard InChI is InChI=1S/C28H29Cl2N3O3S/c1-37(35,36)33(26-11-5-10-25(29)27(26)30)21-23-12-14-24(15-13-23)28(34)32-19-17-31(18-20-32)16-6-9-22-7-3-2-4-8-22/h2-15H,16-21H2,1H3/b9-6+. The van der Waals surface area contributed by atoms with Gasteiger partial charge in [-0.05, 0) is 35.4 Å². The van der Waals surface area contributed by atoms with Crippen molar-refractivity contribution in [2.45, 2.75) is 6.54 Å². The predicted molar refractivity (Wildman–Crippen MR) is 152 cm³/mol. The first kappa shape index (κ1) is 27.2. The molecule has 1 heterocycles. The molecule has 0 saturated carbocycles. The molecule has 6 nitrogen and oxygen atoms in total. The van der Waals surface area contributed by atoms with Crippen LogP contribution < -0.4 is 4.31 Å². The molecule has 194 valence electrons. The Morgan fingerprint density at radius 1 is 0.919 bits per heavy atom. The molecule has 3 aromatic carbocycles. The van der Waals surface area contributed by atoms with Crippen molar-refractivity contribution in [1.29, 1.82) is 0 Å². The van der Waals surface area contributed by atoms with Crippen LogP contribution in [-0.4, -0.2) is 63.1 Å². The molecule has 0 aromatic heterocycles. The Balaban J connectivity index is 1.35. The smallest absolute Gasteiger partial charge is 0.253 e. The number of rotatable bonds is 8.